The van der Waals surface area contributed by atoms with Crippen molar-refractivity contribution in [2.24, 2.45) is 5.92 Å². The maximum absolute atomic E-state index is 5.90. The van der Waals surface area contributed by atoms with Crippen LogP contribution >= 0.6 is 0 Å². The molecule has 1 aliphatic heterocycles. The zero-order valence-electron chi connectivity index (χ0n) is 9.89. The maximum Gasteiger partial charge on any atom is 0.124 e. The summed E-state index contributed by atoms with van der Waals surface area (Å²) in [6.07, 6.45) is 9.89. The molecule has 0 bridgehead atoms. The SMILES string of the molecule is C1=CC2Cc3ccccc3OC2C=C1.CC. The van der Waals surface area contributed by atoms with Gasteiger partial charge in [0.25, 0.3) is 0 Å². The van der Waals surface area contributed by atoms with Gasteiger partial charge in [-0.3, -0.25) is 0 Å². The Kier molecular flexibility index (Phi) is 3.45. The Bertz CT molecular complexity index is 365. The fourth-order valence-corrected chi connectivity index (χ4v) is 2.13. The van der Waals surface area contributed by atoms with Crippen LogP contribution in [0.5, 0.6) is 5.75 Å². The fourth-order valence-electron chi connectivity index (χ4n) is 2.13. The summed E-state index contributed by atoms with van der Waals surface area (Å²) in [6.45, 7) is 4.00. The topological polar surface area (TPSA) is 9.23 Å². The molecule has 1 heteroatoms. The Balaban J connectivity index is 0.000000457. The Morgan fingerprint density at radius 3 is 2.69 bits per heavy atom. The van der Waals surface area contributed by atoms with Gasteiger partial charge in [0.2, 0.25) is 0 Å². The van der Waals surface area contributed by atoms with Gasteiger partial charge < -0.3 is 4.74 Å². The van der Waals surface area contributed by atoms with Crippen LogP contribution in [0.3, 0.4) is 0 Å². The van der Waals surface area contributed by atoms with Crippen molar-refractivity contribution < 1.29 is 4.74 Å². The minimum atomic E-state index is 0.245. The molecule has 0 aromatic heterocycles. The predicted octanol–water partition coefficient (Wildman–Crippen LogP) is 3.76. The molecule has 16 heavy (non-hydrogen) atoms. The number of para-hydroxylation sites is 1. The first-order valence-electron chi connectivity index (χ1n) is 6.03. The van der Waals surface area contributed by atoms with E-state index in [1.165, 1.54) is 5.56 Å². The van der Waals surface area contributed by atoms with Crippen molar-refractivity contribution in [3.63, 3.8) is 0 Å². The van der Waals surface area contributed by atoms with Gasteiger partial charge in [-0.1, -0.05) is 50.3 Å². The largest absolute Gasteiger partial charge is 0.485 e. The van der Waals surface area contributed by atoms with Crippen molar-refractivity contribution in [2.45, 2.75) is 26.4 Å². The van der Waals surface area contributed by atoms with Crippen molar-refractivity contribution >= 4 is 0 Å². The van der Waals surface area contributed by atoms with E-state index in [0.717, 1.165) is 12.2 Å². The molecule has 2 aliphatic rings. The molecular formula is C15H18O. The quantitative estimate of drug-likeness (QED) is 0.639. The standard InChI is InChI=1S/C13H12O.C2H6/c1-3-7-12-10(5-1)9-11-6-2-4-8-13(11)14-12;1-2/h1-8,10,12H,9H2;1-2H3. The number of allylic oxidation sites excluding steroid dienone is 2. The zero-order chi connectivity index (χ0) is 11.4. The highest BCUT2D eigenvalue weighted by Crippen LogP contribution is 2.32. The molecule has 1 heterocycles. The average Bonchev–Trinajstić information content (AvgIpc) is 2.38. The lowest BCUT2D eigenvalue weighted by Crippen LogP contribution is -2.30. The number of hydrogen-bond acceptors (Lipinski definition) is 1. The molecule has 2 unspecified atom stereocenters. The summed E-state index contributed by atoms with van der Waals surface area (Å²) >= 11 is 0. The second kappa shape index (κ2) is 5.02. The van der Waals surface area contributed by atoms with Crippen LogP contribution in [0.1, 0.15) is 19.4 Å². The van der Waals surface area contributed by atoms with Gasteiger partial charge in [-0.05, 0) is 24.1 Å². The van der Waals surface area contributed by atoms with Crippen LogP contribution in [0.2, 0.25) is 0 Å². The molecular weight excluding hydrogens is 196 g/mol. The van der Waals surface area contributed by atoms with Crippen LogP contribution in [-0.2, 0) is 6.42 Å². The van der Waals surface area contributed by atoms with Gasteiger partial charge in [0.15, 0.2) is 0 Å². The molecule has 84 valence electrons. The molecule has 1 aromatic carbocycles. The van der Waals surface area contributed by atoms with Crippen LogP contribution < -0.4 is 4.74 Å². The highest BCUT2D eigenvalue weighted by molar-refractivity contribution is 5.38. The van der Waals surface area contributed by atoms with Crippen LogP contribution in [0.25, 0.3) is 0 Å². The molecule has 0 saturated heterocycles. The number of hydrogen-bond donors (Lipinski definition) is 0. The minimum Gasteiger partial charge on any atom is -0.485 e. The zero-order valence-corrected chi connectivity index (χ0v) is 9.89. The van der Waals surface area contributed by atoms with E-state index in [4.69, 9.17) is 4.74 Å². The normalized spacial score (nSPS) is 24.6. The van der Waals surface area contributed by atoms with Crippen LogP contribution in [0, 0.1) is 5.92 Å². The molecule has 0 N–H and O–H groups in total. The number of fused-ring (bicyclic) bond motifs is 2. The molecule has 0 amide bonds. The number of benzene rings is 1. The van der Waals surface area contributed by atoms with Crippen LogP contribution in [0.4, 0.5) is 0 Å². The lowest BCUT2D eigenvalue weighted by atomic mass is 9.88. The van der Waals surface area contributed by atoms with Gasteiger partial charge in [-0.15, -0.1) is 0 Å². The van der Waals surface area contributed by atoms with Gasteiger partial charge in [-0.2, -0.15) is 0 Å². The lowest BCUT2D eigenvalue weighted by Gasteiger charge is -2.31. The summed E-state index contributed by atoms with van der Waals surface area (Å²) in [5.74, 6) is 1.57. The first-order chi connectivity index (χ1) is 7.93. The first-order valence-corrected chi connectivity index (χ1v) is 6.03. The van der Waals surface area contributed by atoms with E-state index in [1.54, 1.807) is 0 Å². The van der Waals surface area contributed by atoms with Crippen molar-refractivity contribution in [3.8, 4) is 5.75 Å². The van der Waals surface area contributed by atoms with Crippen LogP contribution in [0.15, 0.2) is 48.6 Å². The third kappa shape index (κ3) is 2.04. The van der Waals surface area contributed by atoms with Crippen molar-refractivity contribution in [1.82, 2.24) is 0 Å². The van der Waals surface area contributed by atoms with Crippen molar-refractivity contribution in [2.75, 3.05) is 0 Å². The predicted molar refractivity (Wildman–Crippen MR) is 67.7 cm³/mol. The third-order valence-corrected chi connectivity index (χ3v) is 2.88. The summed E-state index contributed by atoms with van der Waals surface area (Å²) in [4.78, 5) is 0. The Morgan fingerprint density at radius 1 is 1.06 bits per heavy atom. The summed E-state index contributed by atoms with van der Waals surface area (Å²) < 4.78 is 5.90. The second-order valence-corrected chi connectivity index (χ2v) is 3.83. The van der Waals surface area contributed by atoms with Crippen LogP contribution in [-0.4, -0.2) is 6.10 Å². The third-order valence-electron chi connectivity index (χ3n) is 2.88. The molecule has 1 aliphatic carbocycles. The van der Waals surface area contributed by atoms with E-state index in [9.17, 15) is 0 Å². The highest BCUT2D eigenvalue weighted by atomic mass is 16.5. The van der Waals surface area contributed by atoms with Crippen molar-refractivity contribution in [1.29, 1.82) is 0 Å². The van der Waals surface area contributed by atoms with E-state index in [0.29, 0.717) is 5.92 Å². The molecule has 1 aromatic rings. The average molecular weight is 214 g/mol. The monoisotopic (exact) mass is 214 g/mol. The Labute approximate surface area is 97.4 Å². The summed E-state index contributed by atoms with van der Waals surface area (Å²) in [5, 5.41) is 0. The molecule has 1 nitrogen and oxygen atoms in total. The molecule has 2 atom stereocenters. The van der Waals surface area contributed by atoms with Gasteiger partial charge in [0, 0.05) is 5.92 Å². The highest BCUT2D eigenvalue weighted by Gasteiger charge is 2.26. The lowest BCUT2D eigenvalue weighted by molar-refractivity contribution is 0.178. The fraction of sp³-hybridized carbons (Fsp3) is 0.333. The maximum atomic E-state index is 5.90. The van der Waals surface area contributed by atoms with E-state index >= 15 is 0 Å². The second-order valence-electron chi connectivity index (χ2n) is 3.83. The Hall–Kier alpha value is -1.50. The van der Waals surface area contributed by atoms with E-state index in [1.807, 2.05) is 19.9 Å². The van der Waals surface area contributed by atoms with E-state index < -0.39 is 0 Å². The van der Waals surface area contributed by atoms with Crippen molar-refractivity contribution in [3.05, 3.63) is 54.1 Å². The van der Waals surface area contributed by atoms with Gasteiger partial charge in [0.1, 0.15) is 11.9 Å². The molecule has 0 saturated carbocycles. The van der Waals surface area contributed by atoms with Gasteiger partial charge in [-0.25, -0.2) is 0 Å². The summed E-state index contributed by atoms with van der Waals surface area (Å²) in [7, 11) is 0. The van der Waals surface area contributed by atoms with E-state index in [-0.39, 0.29) is 6.10 Å². The minimum absolute atomic E-state index is 0.245. The Morgan fingerprint density at radius 2 is 1.81 bits per heavy atom. The molecule has 0 radical (unpaired) electrons. The van der Waals surface area contributed by atoms with Gasteiger partial charge >= 0.3 is 0 Å². The molecule has 0 spiro atoms. The van der Waals surface area contributed by atoms with E-state index in [2.05, 4.69) is 42.5 Å². The number of rotatable bonds is 0. The van der Waals surface area contributed by atoms with Gasteiger partial charge in [0.05, 0.1) is 0 Å². The summed E-state index contributed by atoms with van der Waals surface area (Å²) in [5.41, 5.74) is 1.33. The molecule has 0 fully saturated rings. The smallest absolute Gasteiger partial charge is 0.124 e. The molecule has 3 rings (SSSR count). The summed E-state index contributed by atoms with van der Waals surface area (Å²) in [6, 6.07) is 8.31. The number of ether oxygens (including phenoxy) is 1. The first kappa shape index (κ1) is 11.0.